The first-order valence-electron chi connectivity index (χ1n) is 4.42. The molecule has 1 heterocycles. The molecule has 0 spiro atoms. The van der Waals surface area contributed by atoms with Gasteiger partial charge in [0.2, 0.25) is 0 Å². The van der Waals surface area contributed by atoms with Crippen molar-refractivity contribution in [2.45, 2.75) is 6.42 Å². The number of allylic oxidation sites excluding steroid dienone is 3. The summed E-state index contributed by atoms with van der Waals surface area (Å²) in [6, 6.07) is 0. The highest BCUT2D eigenvalue weighted by atomic mass is 32.2. The van der Waals surface area contributed by atoms with Gasteiger partial charge in [-0.25, -0.2) is 0 Å². The highest BCUT2D eigenvalue weighted by molar-refractivity contribution is 8.03. The summed E-state index contributed by atoms with van der Waals surface area (Å²) < 4.78 is 4.77. The second-order valence-electron chi connectivity index (χ2n) is 3.25. The van der Waals surface area contributed by atoms with E-state index < -0.39 is 0 Å². The van der Waals surface area contributed by atoms with Crippen molar-refractivity contribution in [3.05, 3.63) is 23.1 Å². The molecular formula is C10H12O2S. The van der Waals surface area contributed by atoms with Gasteiger partial charge < -0.3 is 4.74 Å². The van der Waals surface area contributed by atoms with Crippen molar-refractivity contribution in [3.63, 3.8) is 0 Å². The lowest BCUT2D eigenvalue weighted by Crippen LogP contribution is -2.23. The SMILES string of the molecule is COC(=O)C1C=CC=C2SCCC21. The van der Waals surface area contributed by atoms with E-state index in [1.54, 1.807) is 0 Å². The number of ether oxygens (including phenoxy) is 1. The van der Waals surface area contributed by atoms with Crippen LogP contribution >= 0.6 is 11.8 Å². The number of carbonyl (C=O) groups excluding carboxylic acids is 1. The van der Waals surface area contributed by atoms with Crippen LogP contribution in [0.3, 0.4) is 0 Å². The van der Waals surface area contributed by atoms with Gasteiger partial charge in [0.1, 0.15) is 0 Å². The smallest absolute Gasteiger partial charge is 0.313 e. The average Bonchev–Trinajstić information content (AvgIpc) is 2.63. The third-order valence-electron chi connectivity index (χ3n) is 2.55. The molecule has 0 aromatic carbocycles. The molecule has 0 saturated carbocycles. The second-order valence-corrected chi connectivity index (χ2v) is 4.41. The predicted octanol–water partition coefficient (Wildman–Crippen LogP) is 1.98. The molecule has 0 aromatic rings. The standard InChI is InChI=1S/C10H12O2S/c1-12-10(11)8-3-2-4-9-7(8)5-6-13-9/h2-4,7-8H,5-6H2,1H3. The number of esters is 1. The molecule has 2 rings (SSSR count). The Labute approximate surface area is 82.0 Å². The molecule has 1 saturated heterocycles. The summed E-state index contributed by atoms with van der Waals surface area (Å²) >= 11 is 1.86. The molecule has 0 bridgehead atoms. The van der Waals surface area contributed by atoms with Gasteiger partial charge in [0.05, 0.1) is 13.0 Å². The van der Waals surface area contributed by atoms with E-state index in [2.05, 4.69) is 6.08 Å². The van der Waals surface area contributed by atoms with E-state index in [1.165, 1.54) is 12.0 Å². The Bertz CT molecular complexity index is 281. The lowest BCUT2D eigenvalue weighted by Gasteiger charge is -2.21. The minimum atomic E-state index is -0.102. The number of hydrogen-bond donors (Lipinski definition) is 0. The van der Waals surface area contributed by atoms with Gasteiger partial charge >= 0.3 is 5.97 Å². The number of carbonyl (C=O) groups is 1. The van der Waals surface area contributed by atoms with Crippen molar-refractivity contribution >= 4 is 17.7 Å². The highest BCUT2D eigenvalue weighted by Gasteiger charge is 2.34. The third-order valence-corrected chi connectivity index (χ3v) is 3.76. The van der Waals surface area contributed by atoms with Crippen LogP contribution in [0.15, 0.2) is 23.1 Å². The zero-order valence-corrected chi connectivity index (χ0v) is 8.34. The molecule has 1 aliphatic heterocycles. The maximum absolute atomic E-state index is 11.4. The van der Waals surface area contributed by atoms with Crippen LogP contribution in [0.4, 0.5) is 0 Å². The van der Waals surface area contributed by atoms with Gasteiger partial charge in [0.15, 0.2) is 0 Å². The molecule has 1 aliphatic carbocycles. The van der Waals surface area contributed by atoms with Gasteiger partial charge in [-0.1, -0.05) is 18.2 Å². The Balaban J connectivity index is 2.18. The highest BCUT2D eigenvalue weighted by Crippen LogP contribution is 2.43. The maximum atomic E-state index is 11.4. The van der Waals surface area contributed by atoms with Crippen molar-refractivity contribution < 1.29 is 9.53 Å². The molecule has 70 valence electrons. The number of rotatable bonds is 1. The van der Waals surface area contributed by atoms with E-state index in [0.717, 1.165) is 12.2 Å². The molecule has 0 aromatic heterocycles. The number of hydrogen-bond acceptors (Lipinski definition) is 3. The molecule has 2 atom stereocenters. The maximum Gasteiger partial charge on any atom is 0.313 e. The van der Waals surface area contributed by atoms with Gasteiger partial charge in [0.25, 0.3) is 0 Å². The van der Waals surface area contributed by atoms with Crippen LogP contribution in [0.25, 0.3) is 0 Å². The molecule has 0 N–H and O–H groups in total. The Hall–Kier alpha value is -0.700. The van der Waals surface area contributed by atoms with E-state index in [0.29, 0.717) is 5.92 Å². The minimum Gasteiger partial charge on any atom is -0.469 e. The van der Waals surface area contributed by atoms with E-state index in [-0.39, 0.29) is 11.9 Å². The Morgan fingerprint density at radius 1 is 1.69 bits per heavy atom. The largest absolute Gasteiger partial charge is 0.469 e. The number of thioether (sulfide) groups is 1. The quantitative estimate of drug-likeness (QED) is 0.600. The van der Waals surface area contributed by atoms with E-state index in [4.69, 9.17) is 4.74 Å². The zero-order valence-electron chi connectivity index (χ0n) is 7.53. The second kappa shape index (κ2) is 3.58. The van der Waals surface area contributed by atoms with Gasteiger partial charge in [-0.05, 0) is 17.1 Å². The van der Waals surface area contributed by atoms with Gasteiger partial charge in [-0.3, -0.25) is 4.79 Å². The molecule has 0 radical (unpaired) electrons. The van der Waals surface area contributed by atoms with Crippen molar-refractivity contribution in [2.24, 2.45) is 11.8 Å². The van der Waals surface area contributed by atoms with E-state index >= 15 is 0 Å². The first-order chi connectivity index (χ1) is 6.33. The van der Waals surface area contributed by atoms with Gasteiger partial charge in [-0.2, -0.15) is 0 Å². The monoisotopic (exact) mass is 196 g/mol. The van der Waals surface area contributed by atoms with Crippen molar-refractivity contribution in [1.82, 2.24) is 0 Å². The first kappa shape index (κ1) is 8.88. The summed E-state index contributed by atoms with van der Waals surface area (Å²) in [5, 5.41) is 0. The van der Waals surface area contributed by atoms with Gasteiger partial charge in [0, 0.05) is 5.92 Å². The van der Waals surface area contributed by atoms with Crippen molar-refractivity contribution in [2.75, 3.05) is 12.9 Å². The van der Waals surface area contributed by atoms with Gasteiger partial charge in [-0.15, -0.1) is 11.8 Å². The van der Waals surface area contributed by atoms with Crippen LogP contribution in [-0.4, -0.2) is 18.8 Å². The van der Waals surface area contributed by atoms with E-state index in [1.807, 2.05) is 23.9 Å². The van der Waals surface area contributed by atoms with Crippen LogP contribution in [0.1, 0.15) is 6.42 Å². The molecule has 2 unspecified atom stereocenters. The average molecular weight is 196 g/mol. The summed E-state index contributed by atoms with van der Waals surface area (Å²) in [5.74, 6) is 1.38. The van der Waals surface area contributed by atoms with Crippen LogP contribution in [-0.2, 0) is 9.53 Å². The molecule has 2 nitrogen and oxygen atoms in total. The zero-order chi connectivity index (χ0) is 9.26. The topological polar surface area (TPSA) is 26.3 Å². The molecule has 2 aliphatic rings. The van der Waals surface area contributed by atoms with Crippen LogP contribution in [0.2, 0.25) is 0 Å². The van der Waals surface area contributed by atoms with Crippen LogP contribution < -0.4 is 0 Å². The molecular weight excluding hydrogens is 184 g/mol. The summed E-state index contributed by atoms with van der Waals surface area (Å²) in [5.41, 5.74) is 0. The summed E-state index contributed by atoms with van der Waals surface area (Å²) in [6.45, 7) is 0. The molecule has 1 fully saturated rings. The summed E-state index contributed by atoms with van der Waals surface area (Å²) in [6.07, 6.45) is 7.12. The Morgan fingerprint density at radius 2 is 2.54 bits per heavy atom. The Kier molecular flexibility index (Phi) is 2.44. The fourth-order valence-corrected chi connectivity index (χ4v) is 3.13. The Morgan fingerprint density at radius 3 is 3.31 bits per heavy atom. The van der Waals surface area contributed by atoms with Crippen LogP contribution in [0.5, 0.6) is 0 Å². The fraction of sp³-hybridized carbons (Fsp3) is 0.500. The van der Waals surface area contributed by atoms with Crippen LogP contribution in [0, 0.1) is 11.8 Å². The third kappa shape index (κ3) is 1.53. The van der Waals surface area contributed by atoms with E-state index in [9.17, 15) is 4.79 Å². The molecule has 0 amide bonds. The van der Waals surface area contributed by atoms with Crippen molar-refractivity contribution in [3.8, 4) is 0 Å². The summed E-state index contributed by atoms with van der Waals surface area (Å²) in [4.78, 5) is 12.7. The molecule has 13 heavy (non-hydrogen) atoms. The lowest BCUT2D eigenvalue weighted by molar-refractivity contribution is -0.144. The molecule has 3 heteroatoms. The fourth-order valence-electron chi connectivity index (χ4n) is 1.86. The number of fused-ring (bicyclic) bond motifs is 1. The van der Waals surface area contributed by atoms with Crippen molar-refractivity contribution in [1.29, 1.82) is 0 Å². The first-order valence-corrected chi connectivity index (χ1v) is 5.40. The lowest BCUT2D eigenvalue weighted by atomic mass is 9.86. The minimum absolute atomic E-state index is 0.0417. The summed E-state index contributed by atoms with van der Waals surface area (Å²) in [7, 11) is 1.45. The number of methoxy groups -OCH3 is 1. The normalized spacial score (nSPS) is 31.0. The predicted molar refractivity (Wildman–Crippen MR) is 53.3 cm³/mol.